The molecule has 7 N–H and O–H groups in total. The van der Waals surface area contributed by atoms with E-state index in [9.17, 15) is 14.4 Å². The number of nitrogens with zero attached hydrogens (tertiary/aromatic N) is 2. The highest BCUT2D eigenvalue weighted by Crippen LogP contribution is 2.51. The molecule has 4 rings (SSSR count). The zero-order chi connectivity index (χ0) is 22.9. The highest BCUT2D eigenvalue weighted by atomic mass is 16.2. The van der Waals surface area contributed by atoms with Gasteiger partial charge in [0.05, 0.1) is 17.5 Å². The van der Waals surface area contributed by atoms with Crippen LogP contribution in [0.15, 0.2) is 65.7 Å². The number of nitrogens with two attached hydrogens (primary N) is 3. The molecule has 0 radical (unpaired) electrons. The molecule has 2 aliphatic rings. The number of nitrogens with one attached hydrogen (secondary N) is 1. The van der Waals surface area contributed by atoms with Gasteiger partial charge in [-0.15, -0.1) is 0 Å². The SMILES string of the molecule is NC(=O)C1(CCCN=C(N)N)NC(c2ccccc2)C2C(=O)N(c3ccccc3)C(=O)C21. The Balaban J connectivity index is 1.77. The van der Waals surface area contributed by atoms with E-state index >= 15 is 0 Å². The molecule has 3 amide bonds. The largest absolute Gasteiger partial charge is 0.370 e. The van der Waals surface area contributed by atoms with Gasteiger partial charge in [0, 0.05) is 12.6 Å². The molecule has 9 heteroatoms. The number of fused-ring (bicyclic) bond motifs is 1. The van der Waals surface area contributed by atoms with Crippen LogP contribution in [0.25, 0.3) is 0 Å². The van der Waals surface area contributed by atoms with Crippen molar-refractivity contribution in [1.82, 2.24) is 5.32 Å². The highest BCUT2D eigenvalue weighted by Gasteiger charge is 2.67. The normalized spacial score (nSPS) is 26.8. The number of hydrogen-bond acceptors (Lipinski definition) is 5. The third-order valence-corrected chi connectivity index (χ3v) is 6.29. The third kappa shape index (κ3) is 3.50. The molecule has 9 nitrogen and oxygen atoms in total. The van der Waals surface area contributed by atoms with Crippen molar-refractivity contribution in [1.29, 1.82) is 0 Å². The number of aliphatic imine (C=N–C) groups is 1. The number of imide groups is 1. The zero-order valence-electron chi connectivity index (χ0n) is 17.5. The molecular formula is C23H26N6O3. The van der Waals surface area contributed by atoms with Crippen LogP contribution in [0.5, 0.6) is 0 Å². The monoisotopic (exact) mass is 434 g/mol. The summed E-state index contributed by atoms with van der Waals surface area (Å²) in [5, 5.41) is 3.29. The Bertz CT molecular complexity index is 1050. The van der Waals surface area contributed by atoms with Crippen LogP contribution in [0.4, 0.5) is 5.69 Å². The van der Waals surface area contributed by atoms with Gasteiger partial charge in [-0.25, -0.2) is 4.90 Å². The van der Waals surface area contributed by atoms with E-state index in [0.717, 1.165) is 5.56 Å². The first-order valence-electron chi connectivity index (χ1n) is 10.5. The fourth-order valence-corrected chi connectivity index (χ4v) is 4.93. The lowest BCUT2D eigenvalue weighted by molar-refractivity contribution is -0.132. The molecule has 0 aromatic heterocycles. The molecule has 0 bridgehead atoms. The summed E-state index contributed by atoms with van der Waals surface area (Å²) in [5.41, 5.74) is 16.6. The van der Waals surface area contributed by atoms with Gasteiger partial charge in [-0.05, 0) is 30.5 Å². The molecule has 2 aromatic carbocycles. The zero-order valence-corrected chi connectivity index (χ0v) is 17.5. The van der Waals surface area contributed by atoms with Gasteiger partial charge < -0.3 is 17.2 Å². The van der Waals surface area contributed by atoms with E-state index in [0.29, 0.717) is 12.1 Å². The molecule has 2 heterocycles. The predicted octanol–water partition coefficient (Wildman–Crippen LogP) is 0.414. The van der Waals surface area contributed by atoms with E-state index in [1.165, 1.54) is 4.90 Å². The molecular weight excluding hydrogens is 408 g/mol. The Labute approximate surface area is 185 Å². The minimum Gasteiger partial charge on any atom is -0.370 e. The van der Waals surface area contributed by atoms with Crippen molar-refractivity contribution in [3.8, 4) is 0 Å². The van der Waals surface area contributed by atoms with Crippen LogP contribution in [-0.2, 0) is 14.4 Å². The summed E-state index contributed by atoms with van der Waals surface area (Å²) >= 11 is 0. The van der Waals surface area contributed by atoms with Crippen molar-refractivity contribution in [3.05, 3.63) is 66.2 Å². The average molecular weight is 435 g/mol. The minimum absolute atomic E-state index is 0.0556. The number of rotatable bonds is 7. The summed E-state index contributed by atoms with van der Waals surface area (Å²) in [6.45, 7) is 0.275. The Kier molecular flexibility index (Phi) is 5.67. The van der Waals surface area contributed by atoms with Gasteiger partial charge >= 0.3 is 0 Å². The van der Waals surface area contributed by atoms with Gasteiger partial charge in [-0.1, -0.05) is 48.5 Å². The van der Waals surface area contributed by atoms with Crippen molar-refractivity contribution in [2.24, 2.45) is 34.0 Å². The van der Waals surface area contributed by atoms with Crippen molar-refractivity contribution in [2.75, 3.05) is 11.4 Å². The topological polar surface area (TPSA) is 157 Å². The molecule has 4 atom stereocenters. The standard InChI is InChI=1S/C23H26N6O3/c24-21(32)23(12-7-13-27-22(25)26)17-16(18(28-23)14-8-3-1-4-9-14)19(30)29(20(17)31)15-10-5-2-6-11-15/h1-6,8-11,16-18,28H,7,12-13H2,(H2,24,32)(H4,25,26,27). The fourth-order valence-electron chi connectivity index (χ4n) is 4.93. The van der Waals surface area contributed by atoms with E-state index in [-0.39, 0.29) is 24.8 Å². The number of primary amides is 1. The van der Waals surface area contributed by atoms with E-state index in [1.807, 2.05) is 30.3 Å². The number of hydrogen-bond donors (Lipinski definition) is 4. The first kappa shape index (κ1) is 21.5. The Morgan fingerprint density at radius 1 is 0.969 bits per heavy atom. The van der Waals surface area contributed by atoms with Crippen LogP contribution in [-0.4, -0.2) is 35.8 Å². The predicted molar refractivity (Wildman–Crippen MR) is 120 cm³/mol. The second-order valence-corrected chi connectivity index (χ2v) is 8.13. The summed E-state index contributed by atoms with van der Waals surface area (Å²) in [6.07, 6.45) is 0.622. The maximum Gasteiger partial charge on any atom is 0.240 e. The molecule has 2 fully saturated rings. The number of benzene rings is 2. The molecule has 0 saturated carbocycles. The number of amides is 3. The lowest BCUT2D eigenvalue weighted by Gasteiger charge is -2.32. The van der Waals surface area contributed by atoms with Gasteiger partial charge in [-0.3, -0.25) is 24.7 Å². The molecule has 2 aliphatic heterocycles. The van der Waals surface area contributed by atoms with E-state index in [2.05, 4.69) is 10.3 Å². The molecule has 0 aliphatic carbocycles. The van der Waals surface area contributed by atoms with Crippen LogP contribution in [0.3, 0.4) is 0 Å². The third-order valence-electron chi connectivity index (χ3n) is 6.29. The molecule has 2 aromatic rings. The first-order valence-corrected chi connectivity index (χ1v) is 10.5. The second kappa shape index (κ2) is 8.43. The molecule has 32 heavy (non-hydrogen) atoms. The quantitative estimate of drug-likeness (QED) is 0.214. The van der Waals surface area contributed by atoms with Crippen molar-refractivity contribution < 1.29 is 14.4 Å². The Morgan fingerprint density at radius 2 is 1.59 bits per heavy atom. The van der Waals surface area contributed by atoms with Crippen LogP contribution < -0.4 is 27.4 Å². The van der Waals surface area contributed by atoms with Gasteiger partial charge in [0.15, 0.2) is 5.96 Å². The van der Waals surface area contributed by atoms with E-state index in [4.69, 9.17) is 17.2 Å². The highest BCUT2D eigenvalue weighted by molar-refractivity contribution is 6.24. The summed E-state index contributed by atoms with van der Waals surface area (Å²) < 4.78 is 0. The number of anilines is 1. The second-order valence-electron chi connectivity index (χ2n) is 8.13. The first-order chi connectivity index (χ1) is 15.4. The summed E-state index contributed by atoms with van der Waals surface area (Å²) in [5.74, 6) is -3.21. The van der Waals surface area contributed by atoms with Gasteiger partial charge in [-0.2, -0.15) is 0 Å². The Morgan fingerprint density at radius 3 is 2.19 bits per heavy atom. The molecule has 4 unspecified atom stereocenters. The summed E-state index contributed by atoms with van der Waals surface area (Å²) in [4.78, 5) is 45.2. The van der Waals surface area contributed by atoms with Gasteiger partial charge in [0.25, 0.3) is 0 Å². The molecule has 0 spiro atoms. The maximum atomic E-state index is 13.6. The van der Waals surface area contributed by atoms with Crippen LogP contribution in [0.2, 0.25) is 0 Å². The van der Waals surface area contributed by atoms with Gasteiger partial charge in [0.2, 0.25) is 17.7 Å². The Hall–Kier alpha value is -3.72. The van der Waals surface area contributed by atoms with E-state index in [1.54, 1.807) is 30.3 Å². The number of para-hydroxylation sites is 1. The lowest BCUT2D eigenvalue weighted by Crippen LogP contribution is -2.58. The average Bonchev–Trinajstić information content (AvgIpc) is 3.27. The number of carbonyl (C=O) groups is 3. The molecule has 166 valence electrons. The summed E-state index contributed by atoms with van der Waals surface area (Å²) in [7, 11) is 0. The number of carbonyl (C=O) groups excluding carboxylic acids is 3. The number of guanidine groups is 1. The minimum atomic E-state index is -1.40. The molecule has 2 saturated heterocycles. The maximum absolute atomic E-state index is 13.6. The van der Waals surface area contributed by atoms with Crippen LogP contribution in [0.1, 0.15) is 24.4 Å². The van der Waals surface area contributed by atoms with E-state index < -0.39 is 35.2 Å². The fraction of sp³-hybridized carbons (Fsp3) is 0.304. The van der Waals surface area contributed by atoms with Crippen LogP contribution >= 0.6 is 0 Å². The lowest BCUT2D eigenvalue weighted by atomic mass is 9.76. The van der Waals surface area contributed by atoms with Crippen molar-refractivity contribution in [3.63, 3.8) is 0 Å². The van der Waals surface area contributed by atoms with Crippen molar-refractivity contribution >= 4 is 29.4 Å². The van der Waals surface area contributed by atoms with Crippen molar-refractivity contribution in [2.45, 2.75) is 24.4 Å². The van der Waals surface area contributed by atoms with Crippen LogP contribution in [0, 0.1) is 11.8 Å². The van der Waals surface area contributed by atoms with Gasteiger partial charge in [0.1, 0.15) is 5.54 Å². The summed E-state index contributed by atoms with van der Waals surface area (Å²) in [6, 6.07) is 17.5. The smallest absolute Gasteiger partial charge is 0.240 e.